The largest absolute Gasteiger partial charge is 0.376 e. The van der Waals surface area contributed by atoms with Crippen molar-refractivity contribution in [1.29, 1.82) is 0 Å². The Morgan fingerprint density at radius 3 is 1.52 bits per heavy atom. The van der Waals surface area contributed by atoms with Crippen molar-refractivity contribution >= 4 is 22.6 Å². The van der Waals surface area contributed by atoms with Crippen molar-refractivity contribution in [2.45, 2.75) is 12.0 Å². The van der Waals surface area contributed by atoms with Crippen LogP contribution in [-0.4, -0.2) is 9.53 Å². The molecule has 0 heterocycles. The number of alkyl halides is 1. The maximum absolute atomic E-state index is 11.6. The Labute approximate surface area is 151 Å². The van der Waals surface area contributed by atoms with Crippen LogP contribution in [0.2, 0.25) is 0 Å². The van der Waals surface area contributed by atoms with Gasteiger partial charge >= 0.3 is 0 Å². The number of hydrogen-bond donors (Lipinski definition) is 1. The molecule has 0 unspecified atom stereocenters. The van der Waals surface area contributed by atoms with Crippen LogP contribution in [0, 0.1) is 0 Å². The highest BCUT2D eigenvalue weighted by atomic mass is 127. The van der Waals surface area contributed by atoms with E-state index >= 15 is 0 Å². The molecule has 116 valence electrons. The van der Waals surface area contributed by atoms with Gasteiger partial charge in [-0.15, -0.1) is 0 Å². The molecule has 0 amide bonds. The lowest BCUT2D eigenvalue weighted by Crippen LogP contribution is -2.28. The van der Waals surface area contributed by atoms with Gasteiger partial charge in [-0.3, -0.25) is 0 Å². The molecule has 1 N–H and O–H groups in total. The lowest BCUT2D eigenvalue weighted by Gasteiger charge is -2.30. The Hall–Kier alpha value is -1.65. The van der Waals surface area contributed by atoms with E-state index in [1.807, 2.05) is 72.8 Å². The van der Waals surface area contributed by atoms with Crippen molar-refractivity contribution in [3.8, 4) is 0 Å². The average Bonchev–Trinajstić information content (AvgIpc) is 2.63. The number of halogens is 1. The molecule has 0 radical (unpaired) electrons. The molecule has 3 aromatic rings. The van der Waals surface area contributed by atoms with Crippen LogP contribution in [0.4, 0.5) is 0 Å². The summed E-state index contributed by atoms with van der Waals surface area (Å²) in [5, 5.41) is 11.6. The van der Waals surface area contributed by atoms with Gasteiger partial charge in [-0.05, 0) is 28.7 Å². The molecular formula is C21H19IO. The van der Waals surface area contributed by atoms with Gasteiger partial charge in [0.05, 0.1) is 0 Å². The average molecular weight is 414 g/mol. The summed E-state index contributed by atoms with van der Waals surface area (Å²) in [7, 11) is 0. The van der Waals surface area contributed by atoms with Crippen molar-refractivity contribution in [3.63, 3.8) is 0 Å². The van der Waals surface area contributed by atoms with Gasteiger partial charge in [0.1, 0.15) is 5.60 Å². The minimum absolute atomic E-state index is 0.882. The third kappa shape index (κ3) is 3.33. The second-order valence-corrected chi connectivity index (χ2v) is 6.66. The molecule has 0 spiro atoms. The van der Waals surface area contributed by atoms with Crippen molar-refractivity contribution < 1.29 is 5.11 Å². The van der Waals surface area contributed by atoms with Crippen LogP contribution in [0.5, 0.6) is 0 Å². The summed E-state index contributed by atoms with van der Waals surface area (Å²) in [6.07, 6.45) is 1.05. The van der Waals surface area contributed by atoms with Gasteiger partial charge in [0.15, 0.2) is 0 Å². The van der Waals surface area contributed by atoms with E-state index < -0.39 is 5.60 Å². The molecule has 1 nitrogen and oxygen atoms in total. The predicted octanol–water partition coefficient (Wildman–Crippen LogP) is 4.95. The van der Waals surface area contributed by atoms with E-state index in [1.165, 1.54) is 5.56 Å². The number of aliphatic hydroxyl groups is 1. The normalized spacial score (nSPS) is 11.4. The maximum atomic E-state index is 11.6. The van der Waals surface area contributed by atoms with Gasteiger partial charge < -0.3 is 5.11 Å². The zero-order valence-corrected chi connectivity index (χ0v) is 15.0. The van der Waals surface area contributed by atoms with E-state index in [4.69, 9.17) is 0 Å². The Kier molecular flexibility index (Phi) is 5.13. The Bertz CT molecular complexity index is 696. The molecule has 0 bridgehead atoms. The molecule has 0 aliphatic carbocycles. The van der Waals surface area contributed by atoms with Crippen LogP contribution in [0.3, 0.4) is 0 Å². The smallest absolute Gasteiger partial charge is 0.140 e. The molecule has 3 aromatic carbocycles. The topological polar surface area (TPSA) is 20.2 Å². The molecule has 2 heteroatoms. The Morgan fingerprint density at radius 1 is 0.652 bits per heavy atom. The van der Waals surface area contributed by atoms with Crippen molar-refractivity contribution in [1.82, 2.24) is 0 Å². The number of aryl methyl sites for hydroxylation is 1. The monoisotopic (exact) mass is 414 g/mol. The van der Waals surface area contributed by atoms with Crippen molar-refractivity contribution in [3.05, 3.63) is 107 Å². The minimum atomic E-state index is -1.13. The van der Waals surface area contributed by atoms with E-state index in [1.54, 1.807) is 0 Å². The second-order valence-electron chi connectivity index (χ2n) is 5.58. The highest BCUT2D eigenvalue weighted by Gasteiger charge is 2.33. The highest BCUT2D eigenvalue weighted by Crippen LogP contribution is 2.36. The zero-order valence-electron chi connectivity index (χ0n) is 12.8. The maximum Gasteiger partial charge on any atom is 0.140 e. The highest BCUT2D eigenvalue weighted by molar-refractivity contribution is 14.1. The molecule has 0 atom stereocenters. The van der Waals surface area contributed by atoms with Gasteiger partial charge in [-0.25, -0.2) is 0 Å². The molecule has 0 saturated heterocycles. The van der Waals surface area contributed by atoms with Gasteiger partial charge in [0.2, 0.25) is 0 Å². The summed E-state index contributed by atoms with van der Waals surface area (Å²) >= 11 is 2.39. The van der Waals surface area contributed by atoms with Crippen LogP contribution < -0.4 is 0 Å². The Balaban J connectivity index is 2.13. The van der Waals surface area contributed by atoms with E-state index in [9.17, 15) is 5.11 Å². The van der Waals surface area contributed by atoms with Crippen LogP contribution in [0.1, 0.15) is 22.3 Å². The molecule has 0 aliphatic rings. The first kappa shape index (κ1) is 16.2. The van der Waals surface area contributed by atoms with Crippen LogP contribution in [0.25, 0.3) is 0 Å². The van der Waals surface area contributed by atoms with Crippen LogP contribution >= 0.6 is 22.6 Å². The number of hydrogen-bond acceptors (Lipinski definition) is 1. The zero-order chi connectivity index (χ0) is 16.1. The molecule has 23 heavy (non-hydrogen) atoms. The standard InChI is InChI=1S/C21H19IO/c22-16-15-17-11-13-20(14-12-17)21(23,18-7-3-1-4-8-18)19-9-5-2-6-10-19/h1-14,23H,15-16H2. The predicted molar refractivity (Wildman–Crippen MR) is 104 cm³/mol. The molecule has 0 fully saturated rings. The van der Waals surface area contributed by atoms with Gasteiger partial charge in [0, 0.05) is 4.43 Å². The summed E-state index contributed by atoms with van der Waals surface area (Å²) in [4.78, 5) is 0. The third-order valence-corrected chi connectivity index (χ3v) is 4.68. The molecular weight excluding hydrogens is 395 g/mol. The first-order chi connectivity index (χ1) is 11.2. The van der Waals surface area contributed by atoms with E-state index in [2.05, 4.69) is 34.7 Å². The van der Waals surface area contributed by atoms with Gasteiger partial charge in [0.25, 0.3) is 0 Å². The lowest BCUT2D eigenvalue weighted by atomic mass is 9.80. The second kappa shape index (κ2) is 7.28. The molecule has 0 aromatic heterocycles. The first-order valence-electron chi connectivity index (χ1n) is 7.74. The fraction of sp³-hybridized carbons (Fsp3) is 0.143. The fourth-order valence-corrected chi connectivity index (χ4v) is 3.50. The lowest BCUT2D eigenvalue weighted by molar-refractivity contribution is 0.125. The minimum Gasteiger partial charge on any atom is -0.376 e. The Morgan fingerprint density at radius 2 is 1.09 bits per heavy atom. The SMILES string of the molecule is OC(c1ccccc1)(c1ccccc1)c1ccc(CCI)cc1. The summed E-state index contributed by atoms with van der Waals surface area (Å²) in [6.45, 7) is 0. The molecule has 0 aliphatic heterocycles. The first-order valence-corrected chi connectivity index (χ1v) is 9.26. The molecule has 0 saturated carbocycles. The summed E-state index contributed by atoms with van der Waals surface area (Å²) < 4.78 is 1.10. The van der Waals surface area contributed by atoms with Crippen molar-refractivity contribution in [2.75, 3.05) is 4.43 Å². The number of benzene rings is 3. The summed E-state index contributed by atoms with van der Waals surface area (Å²) in [5.41, 5.74) is 2.82. The quantitative estimate of drug-likeness (QED) is 0.356. The van der Waals surface area contributed by atoms with E-state index in [-0.39, 0.29) is 0 Å². The van der Waals surface area contributed by atoms with E-state index in [0.717, 1.165) is 27.5 Å². The fourth-order valence-electron chi connectivity index (χ4n) is 2.88. The van der Waals surface area contributed by atoms with Gasteiger partial charge in [-0.1, -0.05) is 108 Å². The van der Waals surface area contributed by atoms with Gasteiger partial charge in [-0.2, -0.15) is 0 Å². The molecule has 3 rings (SSSR count). The van der Waals surface area contributed by atoms with E-state index in [0.29, 0.717) is 0 Å². The van der Waals surface area contributed by atoms with Crippen LogP contribution in [-0.2, 0) is 12.0 Å². The summed E-state index contributed by atoms with van der Waals surface area (Å²) in [6, 6.07) is 28.0. The third-order valence-electron chi connectivity index (χ3n) is 4.14. The summed E-state index contributed by atoms with van der Waals surface area (Å²) in [5.74, 6) is 0. The van der Waals surface area contributed by atoms with Crippen LogP contribution in [0.15, 0.2) is 84.9 Å². The number of rotatable bonds is 5. The van der Waals surface area contributed by atoms with Crippen molar-refractivity contribution in [2.24, 2.45) is 0 Å².